The number of nitriles is 1. The molecule has 1 N–H and O–H groups in total. The number of anilines is 1. The van der Waals surface area contributed by atoms with Crippen molar-refractivity contribution in [1.29, 1.82) is 5.26 Å². The number of halogens is 4. The maximum absolute atomic E-state index is 13.7. The lowest BCUT2D eigenvalue weighted by Gasteiger charge is -2.26. The Labute approximate surface area is 223 Å². The molecule has 0 radical (unpaired) electrons. The van der Waals surface area contributed by atoms with Crippen LogP contribution in [0, 0.1) is 17.1 Å². The van der Waals surface area contributed by atoms with E-state index in [-0.39, 0.29) is 6.54 Å². The number of hydrogen-bond donors (Lipinski definition) is 1. The first-order valence-corrected chi connectivity index (χ1v) is 12.1. The van der Waals surface area contributed by atoms with E-state index in [0.717, 1.165) is 23.4 Å². The Morgan fingerprint density at radius 3 is 2.39 bits per heavy atom. The molecule has 1 heterocycles. The van der Waals surface area contributed by atoms with Crippen molar-refractivity contribution in [1.82, 2.24) is 14.5 Å². The number of nitrogens with zero attached hydrogens (tertiary/aromatic N) is 4. The van der Waals surface area contributed by atoms with Gasteiger partial charge in [-0.3, -0.25) is 0 Å². The van der Waals surface area contributed by atoms with Crippen LogP contribution in [0.5, 0.6) is 0 Å². The SMILES string of the molecule is N#Cc1ccc(Cn2cncc2CCN(Cc2ccc(C(F)(F)F)cc2)C(=S)Nc2cccc(F)c2)cc1. The number of benzene rings is 3. The molecule has 0 atom stereocenters. The van der Waals surface area contributed by atoms with Gasteiger partial charge in [-0.15, -0.1) is 0 Å². The summed E-state index contributed by atoms with van der Waals surface area (Å²) in [6, 6.07) is 20.2. The zero-order chi connectivity index (χ0) is 27.1. The molecule has 0 saturated carbocycles. The van der Waals surface area contributed by atoms with Gasteiger partial charge in [0.2, 0.25) is 0 Å². The van der Waals surface area contributed by atoms with Crippen molar-refractivity contribution in [3.63, 3.8) is 0 Å². The molecule has 0 unspecified atom stereocenters. The van der Waals surface area contributed by atoms with Gasteiger partial charge in [-0.1, -0.05) is 30.3 Å². The number of aromatic nitrogens is 2. The summed E-state index contributed by atoms with van der Waals surface area (Å²) in [6.45, 7) is 1.25. The summed E-state index contributed by atoms with van der Waals surface area (Å²) in [5.41, 5.74) is 2.91. The zero-order valence-electron chi connectivity index (χ0n) is 20.1. The second-order valence-corrected chi connectivity index (χ2v) is 9.02. The van der Waals surface area contributed by atoms with E-state index in [0.29, 0.717) is 41.4 Å². The highest BCUT2D eigenvalue weighted by Crippen LogP contribution is 2.29. The van der Waals surface area contributed by atoms with E-state index in [1.807, 2.05) is 21.6 Å². The lowest BCUT2D eigenvalue weighted by atomic mass is 10.1. The quantitative estimate of drug-likeness (QED) is 0.208. The van der Waals surface area contributed by atoms with Crippen molar-refractivity contribution >= 4 is 23.0 Å². The summed E-state index contributed by atoms with van der Waals surface area (Å²) >= 11 is 5.60. The second kappa shape index (κ2) is 11.9. The van der Waals surface area contributed by atoms with Gasteiger partial charge in [-0.2, -0.15) is 18.4 Å². The van der Waals surface area contributed by atoms with Crippen LogP contribution in [0.25, 0.3) is 0 Å². The summed E-state index contributed by atoms with van der Waals surface area (Å²) in [7, 11) is 0. The van der Waals surface area contributed by atoms with Crippen molar-refractivity contribution in [2.75, 3.05) is 11.9 Å². The summed E-state index contributed by atoms with van der Waals surface area (Å²) in [5.74, 6) is -0.418. The molecule has 0 bridgehead atoms. The maximum Gasteiger partial charge on any atom is 0.416 e. The number of imidazole rings is 1. The largest absolute Gasteiger partial charge is 0.416 e. The Hall–Kier alpha value is -4.23. The average molecular weight is 538 g/mol. The Morgan fingerprint density at radius 1 is 1.03 bits per heavy atom. The molecular weight excluding hydrogens is 514 g/mol. The van der Waals surface area contributed by atoms with Crippen molar-refractivity contribution < 1.29 is 17.6 Å². The number of thiocarbonyl (C=S) groups is 1. The Bertz CT molecular complexity index is 1420. The molecule has 0 aliphatic rings. The molecule has 1 aromatic heterocycles. The molecule has 4 rings (SSSR count). The topological polar surface area (TPSA) is 56.9 Å². The minimum atomic E-state index is -4.42. The van der Waals surface area contributed by atoms with E-state index in [4.69, 9.17) is 17.5 Å². The van der Waals surface area contributed by atoms with E-state index in [1.165, 1.54) is 24.3 Å². The van der Waals surface area contributed by atoms with Gasteiger partial charge in [-0.05, 0) is 65.8 Å². The summed E-state index contributed by atoms with van der Waals surface area (Å²) in [4.78, 5) is 6.09. The van der Waals surface area contributed by atoms with E-state index in [9.17, 15) is 17.6 Å². The molecule has 0 saturated heterocycles. The van der Waals surface area contributed by atoms with Crippen LogP contribution in [-0.4, -0.2) is 26.1 Å². The number of rotatable bonds is 8. The lowest BCUT2D eigenvalue weighted by Crippen LogP contribution is -2.36. The third-order valence-corrected chi connectivity index (χ3v) is 6.25. The highest BCUT2D eigenvalue weighted by Gasteiger charge is 2.30. The predicted octanol–water partition coefficient (Wildman–Crippen LogP) is 6.40. The van der Waals surface area contributed by atoms with Crippen LogP contribution in [0.4, 0.5) is 23.2 Å². The molecule has 5 nitrogen and oxygen atoms in total. The van der Waals surface area contributed by atoms with Gasteiger partial charge in [0.15, 0.2) is 5.11 Å². The molecule has 0 fully saturated rings. The second-order valence-electron chi connectivity index (χ2n) is 8.63. The van der Waals surface area contributed by atoms with E-state index in [2.05, 4.69) is 16.4 Å². The lowest BCUT2D eigenvalue weighted by molar-refractivity contribution is -0.137. The normalized spacial score (nSPS) is 11.1. The smallest absolute Gasteiger partial charge is 0.344 e. The minimum absolute atomic E-state index is 0.253. The third kappa shape index (κ3) is 7.17. The first-order chi connectivity index (χ1) is 18.2. The maximum atomic E-state index is 13.7. The summed E-state index contributed by atoms with van der Waals surface area (Å²) in [6.07, 6.45) is -0.401. The van der Waals surface area contributed by atoms with E-state index >= 15 is 0 Å². The van der Waals surface area contributed by atoms with Gasteiger partial charge < -0.3 is 14.8 Å². The molecule has 194 valence electrons. The summed E-state index contributed by atoms with van der Waals surface area (Å²) < 4.78 is 54.7. The molecule has 0 aliphatic heterocycles. The van der Waals surface area contributed by atoms with Crippen LogP contribution in [0.1, 0.15) is 27.9 Å². The highest BCUT2D eigenvalue weighted by atomic mass is 32.1. The summed E-state index contributed by atoms with van der Waals surface area (Å²) in [5, 5.41) is 12.3. The number of nitrogens with one attached hydrogen (secondary N) is 1. The first-order valence-electron chi connectivity index (χ1n) is 11.7. The monoisotopic (exact) mass is 537 g/mol. The highest BCUT2D eigenvalue weighted by molar-refractivity contribution is 7.80. The Balaban J connectivity index is 1.49. The van der Waals surface area contributed by atoms with Gasteiger partial charge in [0.05, 0.1) is 23.5 Å². The molecular formula is C28H23F4N5S. The molecule has 0 aliphatic carbocycles. The van der Waals surface area contributed by atoms with Crippen molar-refractivity contribution in [3.05, 3.63) is 119 Å². The molecule has 4 aromatic rings. The zero-order valence-corrected chi connectivity index (χ0v) is 20.9. The van der Waals surface area contributed by atoms with Gasteiger partial charge in [-0.25, -0.2) is 9.37 Å². The standard InChI is InChI=1S/C28H23F4N5S/c29-24-2-1-3-25(14-24)35-27(38)36(17-22-8-10-23(11-9-22)28(30,31)32)13-12-26-16-34-19-37(26)18-21-6-4-20(15-33)5-7-21/h1-11,14,16,19H,12-13,17-18H2,(H,35,38). The molecule has 3 aromatic carbocycles. The van der Waals surface area contributed by atoms with Crippen LogP contribution < -0.4 is 5.32 Å². The molecule has 38 heavy (non-hydrogen) atoms. The molecule has 10 heteroatoms. The third-order valence-electron chi connectivity index (χ3n) is 5.89. The minimum Gasteiger partial charge on any atom is -0.344 e. The van der Waals surface area contributed by atoms with Crippen LogP contribution in [0.2, 0.25) is 0 Å². The van der Waals surface area contributed by atoms with Crippen LogP contribution in [0.15, 0.2) is 85.3 Å². The number of hydrogen-bond acceptors (Lipinski definition) is 3. The Kier molecular flexibility index (Phi) is 8.38. The Morgan fingerprint density at radius 2 is 1.74 bits per heavy atom. The van der Waals surface area contributed by atoms with Gasteiger partial charge in [0.25, 0.3) is 0 Å². The first kappa shape index (κ1) is 26.8. The van der Waals surface area contributed by atoms with Crippen molar-refractivity contribution in [2.45, 2.75) is 25.7 Å². The predicted molar refractivity (Wildman–Crippen MR) is 141 cm³/mol. The van der Waals surface area contributed by atoms with Gasteiger partial charge in [0.1, 0.15) is 5.82 Å². The van der Waals surface area contributed by atoms with Crippen LogP contribution in [0.3, 0.4) is 0 Å². The molecule has 0 spiro atoms. The molecule has 0 amide bonds. The van der Waals surface area contributed by atoms with Gasteiger partial charge >= 0.3 is 6.18 Å². The fraction of sp³-hybridized carbons (Fsp3) is 0.179. The van der Waals surface area contributed by atoms with Crippen molar-refractivity contribution in [2.24, 2.45) is 0 Å². The van der Waals surface area contributed by atoms with E-state index < -0.39 is 17.6 Å². The number of alkyl halides is 3. The fourth-order valence-electron chi connectivity index (χ4n) is 3.87. The fourth-order valence-corrected chi connectivity index (χ4v) is 4.14. The van der Waals surface area contributed by atoms with Gasteiger partial charge in [0, 0.05) is 43.6 Å². The van der Waals surface area contributed by atoms with Crippen molar-refractivity contribution in [3.8, 4) is 6.07 Å². The average Bonchev–Trinajstić information content (AvgIpc) is 3.33. The van der Waals surface area contributed by atoms with Crippen LogP contribution in [-0.2, 0) is 25.7 Å². The van der Waals surface area contributed by atoms with E-state index in [1.54, 1.807) is 36.8 Å². The van der Waals surface area contributed by atoms with Crippen LogP contribution >= 0.6 is 12.2 Å².